The summed E-state index contributed by atoms with van der Waals surface area (Å²) < 4.78 is 5.37. The number of rotatable bonds is 5. The Morgan fingerprint density at radius 1 is 1.19 bits per heavy atom. The molecule has 6 nitrogen and oxygen atoms in total. The standard InChI is InChI=1S/C20H22N4O2/c25-19(11-16-13-26-10-9-21-16)22-12-14-5-7-15(8-6-14)20-23-17-3-1-2-4-18(17)24-20/h1-8,16,21H,9-13H2,(H,22,25)(H,23,24). The van der Waals surface area contributed by atoms with Crippen molar-refractivity contribution in [2.24, 2.45) is 0 Å². The molecule has 4 rings (SSSR count). The van der Waals surface area contributed by atoms with Gasteiger partial charge in [-0.05, 0) is 17.7 Å². The maximum absolute atomic E-state index is 12.1. The first kappa shape index (κ1) is 16.8. The Hall–Kier alpha value is -2.70. The van der Waals surface area contributed by atoms with Gasteiger partial charge in [-0.3, -0.25) is 4.79 Å². The molecule has 0 aliphatic carbocycles. The molecule has 1 amide bonds. The Kier molecular flexibility index (Phi) is 4.95. The molecule has 0 radical (unpaired) electrons. The number of carbonyl (C=O) groups excluding carboxylic acids is 1. The van der Waals surface area contributed by atoms with Crippen molar-refractivity contribution in [1.82, 2.24) is 20.6 Å². The van der Waals surface area contributed by atoms with Crippen LogP contribution in [0, 0.1) is 0 Å². The second kappa shape index (κ2) is 7.68. The average molecular weight is 350 g/mol. The van der Waals surface area contributed by atoms with Gasteiger partial charge in [0.1, 0.15) is 5.82 Å². The number of amides is 1. The Morgan fingerprint density at radius 3 is 2.81 bits per heavy atom. The molecule has 1 fully saturated rings. The van der Waals surface area contributed by atoms with E-state index in [1.165, 1.54) is 0 Å². The van der Waals surface area contributed by atoms with Gasteiger partial charge in [0.2, 0.25) is 5.91 Å². The summed E-state index contributed by atoms with van der Waals surface area (Å²) in [7, 11) is 0. The molecule has 1 aliphatic rings. The largest absolute Gasteiger partial charge is 0.378 e. The van der Waals surface area contributed by atoms with Crippen LogP contribution in [-0.2, 0) is 16.1 Å². The topological polar surface area (TPSA) is 79.0 Å². The highest BCUT2D eigenvalue weighted by Crippen LogP contribution is 2.20. The van der Waals surface area contributed by atoms with Crippen molar-refractivity contribution in [2.75, 3.05) is 19.8 Å². The smallest absolute Gasteiger partial charge is 0.221 e. The highest BCUT2D eigenvalue weighted by molar-refractivity contribution is 5.79. The monoisotopic (exact) mass is 350 g/mol. The van der Waals surface area contributed by atoms with Crippen molar-refractivity contribution in [3.05, 3.63) is 54.1 Å². The average Bonchev–Trinajstić information content (AvgIpc) is 3.12. The van der Waals surface area contributed by atoms with E-state index >= 15 is 0 Å². The predicted octanol–water partition coefficient (Wildman–Crippen LogP) is 2.22. The first-order valence-corrected chi connectivity index (χ1v) is 8.90. The highest BCUT2D eigenvalue weighted by atomic mass is 16.5. The van der Waals surface area contributed by atoms with E-state index in [0.29, 0.717) is 19.6 Å². The summed E-state index contributed by atoms with van der Waals surface area (Å²) in [5.74, 6) is 0.888. The minimum Gasteiger partial charge on any atom is -0.378 e. The van der Waals surface area contributed by atoms with Crippen molar-refractivity contribution in [3.63, 3.8) is 0 Å². The molecule has 26 heavy (non-hydrogen) atoms. The van der Waals surface area contributed by atoms with Crippen LogP contribution in [-0.4, -0.2) is 41.7 Å². The van der Waals surface area contributed by atoms with Gasteiger partial charge in [-0.1, -0.05) is 36.4 Å². The molecule has 2 heterocycles. The van der Waals surface area contributed by atoms with Gasteiger partial charge < -0.3 is 20.4 Å². The van der Waals surface area contributed by atoms with E-state index in [-0.39, 0.29) is 11.9 Å². The van der Waals surface area contributed by atoms with E-state index in [1.54, 1.807) is 0 Å². The Bertz CT molecular complexity index is 849. The van der Waals surface area contributed by atoms with Crippen LogP contribution in [0.2, 0.25) is 0 Å². The number of ether oxygens (including phenoxy) is 1. The van der Waals surface area contributed by atoms with Crippen molar-refractivity contribution < 1.29 is 9.53 Å². The highest BCUT2D eigenvalue weighted by Gasteiger charge is 2.16. The van der Waals surface area contributed by atoms with Crippen LogP contribution < -0.4 is 10.6 Å². The summed E-state index contributed by atoms with van der Waals surface area (Å²) in [4.78, 5) is 20.0. The van der Waals surface area contributed by atoms with Gasteiger partial charge in [-0.15, -0.1) is 0 Å². The van der Waals surface area contributed by atoms with Crippen molar-refractivity contribution in [1.29, 1.82) is 0 Å². The van der Waals surface area contributed by atoms with Gasteiger partial charge >= 0.3 is 0 Å². The minimum atomic E-state index is 0.0364. The lowest BCUT2D eigenvalue weighted by Crippen LogP contribution is -2.44. The lowest BCUT2D eigenvalue weighted by Gasteiger charge is -2.23. The normalized spacial score (nSPS) is 17.3. The summed E-state index contributed by atoms with van der Waals surface area (Å²) in [5, 5.41) is 6.26. The summed E-state index contributed by atoms with van der Waals surface area (Å²) in [5.41, 5.74) is 4.07. The van der Waals surface area contributed by atoms with Gasteiger partial charge in [0.15, 0.2) is 0 Å². The van der Waals surface area contributed by atoms with Crippen molar-refractivity contribution in [2.45, 2.75) is 19.0 Å². The summed E-state index contributed by atoms with van der Waals surface area (Å²) in [6.07, 6.45) is 0.442. The van der Waals surface area contributed by atoms with Gasteiger partial charge in [-0.2, -0.15) is 0 Å². The molecule has 3 aromatic rings. The third-order valence-corrected chi connectivity index (χ3v) is 4.54. The number of hydrogen-bond acceptors (Lipinski definition) is 4. The maximum Gasteiger partial charge on any atom is 0.221 e. The molecule has 1 saturated heterocycles. The number of nitrogens with one attached hydrogen (secondary N) is 3. The lowest BCUT2D eigenvalue weighted by atomic mass is 10.1. The fraction of sp³-hybridized carbons (Fsp3) is 0.300. The van der Waals surface area contributed by atoms with Gasteiger partial charge in [-0.25, -0.2) is 4.98 Å². The quantitative estimate of drug-likeness (QED) is 0.659. The molecule has 1 aromatic heterocycles. The predicted molar refractivity (Wildman–Crippen MR) is 101 cm³/mol. The minimum absolute atomic E-state index is 0.0364. The van der Waals surface area contributed by atoms with Crippen LogP contribution in [0.4, 0.5) is 0 Å². The van der Waals surface area contributed by atoms with E-state index in [0.717, 1.165) is 41.1 Å². The molecular formula is C20H22N4O2. The Morgan fingerprint density at radius 2 is 2.04 bits per heavy atom. The fourth-order valence-electron chi connectivity index (χ4n) is 3.12. The fourth-order valence-corrected chi connectivity index (χ4v) is 3.12. The summed E-state index contributed by atoms with van der Waals surface area (Å²) >= 11 is 0. The summed E-state index contributed by atoms with van der Waals surface area (Å²) in [6, 6.07) is 16.2. The van der Waals surface area contributed by atoms with E-state index in [9.17, 15) is 4.79 Å². The van der Waals surface area contributed by atoms with E-state index in [1.807, 2.05) is 48.5 Å². The number of hydrogen-bond donors (Lipinski definition) is 3. The molecule has 1 atom stereocenters. The van der Waals surface area contributed by atoms with Gasteiger partial charge in [0.05, 0.1) is 24.2 Å². The van der Waals surface area contributed by atoms with Crippen molar-refractivity contribution >= 4 is 16.9 Å². The molecule has 0 saturated carbocycles. The van der Waals surface area contributed by atoms with Crippen LogP contribution in [0.5, 0.6) is 0 Å². The first-order chi connectivity index (χ1) is 12.8. The second-order valence-electron chi connectivity index (χ2n) is 6.51. The van der Waals surface area contributed by atoms with Crippen LogP contribution in [0.1, 0.15) is 12.0 Å². The zero-order valence-electron chi connectivity index (χ0n) is 14.5. The molecular weight excluding hydrogens is 328 g/mol. The number of para-hydroxylation sites is 2. The second-order valence-corrected chi connectivity index (χ2v) is 6.51. The molecule has 2 aromatic carbocycles. The van der Waals surface area contributed by atoms with E-state index < -0.39 is 0 Å². The third kappa shape index (κ3) is 3.92. The number of carbonyl (C=O) groups is 1. The van der Waals surface area contributed by atoms with Crippen LogP contribution in [0.15, 0.2) is 48.5 Å². The third-order valence-electron chi connectivity index (χ3n) is 4.54. The number of fused-ring (bicyclic) bond motifs is 1. The number of aromatic nitrogens is 2. The lowest BCUT2D eigenvalue weighted by molar-refractivity contribution is -0.122. The van der Waals surface area contributed by atoms with Crippen LogP contribution >= 0.6 is 0 Å². The first-order valence-electron chi connectivity index (χ1n) is 8.90. The Labute approximate surface area is 152 Å². The zero-order valence-corrected chi connectivity index (χ0v) is 14.5. The van der Waals surface area contributed by atoms with Gasteiger partial charge in [0, 0.05) is 31.1 Å². The molecule has 0 spiro atoms. The number of nitrogens with zero attached hydrogens (tertiary/aromatic N) is 1. The molecule has 6 heteroatoms. The molecule has 134 valence electrons. The van der Waals surface area contributed by atoms with E-state index in [2.05, 4.69) is 20.6 Å². The van der Waals surface area contributed by atoms with E-state index in [4.69, 9.17) is 4.74 Å². The Balaban J connectivity index is 1.34. The molecule has 1 unspecified atom stereocenters. The molecule has 1 aliphatic heterocycles. The van der Waals surface area contributed by atoms with Gasteiger partial charge in [0.25, 0.3) is 0 Å². The number of H-pyrrole nitrogens is 1. The molecule has 0 bridgehead atoms. The number of morpholine rings is 1. The number of aromatic amines is 1. The molecule has 3 N–H and O–H groups in total. The van der Waals surface area contributed by atoms with Crippen LogP contribution in [0.25, 0.3) is 22.4 Å². The SMILES string of the molecule is O=C(CC1COCCN1)NCc1ccc(-c2nc3ccccc3[nH]2)cc1. The zero-order chi connectivity index (χ0) is 17.8. The summed E-state index contributed by atoms with van der Waals surface area (Å²) in [6.45, 7) is 2.64. The maximum atomic E-state index is 12.1. The number of benzene rings is 2. The van der Waals surface area contributed by atoms with Crippen LogP contribution in [0.3, 0.4) is 0 Å². The number of imidazole rings is 1. The van der Waals surface area contributed by atoms with Crippen molar-refractivity contribution in [3.8, 4) is 11.4 Å².